The molecule has 1 rings (SSSR count). The number of alkyl halides is 3. The molecule has 0 aliphatic carbocycles. The summed E-state index contributed by atoms with van der Waals surface area (Å²) >= 11 is 0. The van der Waals surface area contributed by atoms with Crippen molar-refractivity contribution in [2.45, 2.75) is 26.9 Å². The van der Waals surface area contributed by atoms with Gasteiger partial charge in [-0.05, 0) is 24.6 Å². The molecule has 0 saturated heterocycles. The topological polar surface area (TPSA) is 52.3 Å². The van der Waals surface area contributed by atoms with Crippen LogP contribution in [-0.4, -0.2) is 13.1 Å². The highest BCUT2D eigenvalue weighted by Gasteiger charge is 2.32. The Morgan fingerprint density at radius 2 is 1.78 bits per heavy atom. The van der Waals surface area contributed by atoms with Crippen LogP contribution in [0.4, 0.5) is 18.9 Å². The third kappa shape index (κ3) is 3.65. The van der Waals surface area contributed by atoms with E-state index in [9.17, 15) is 18.0 Å². The number of methoxy groups -OCH3 is 1. The number of hydrogen-bond donors (Lipinski definition) is 1. The second-order valence-electron chi connectivity index (χ2n) is 3.24. The molecule has 1 aromatic carbocycles. The maximum absolute atomic E-state index is 12.5. The summed E-state index contributed by atoms with van der Waals surface area (Å²) in [4.78, 5) is 11.2. The first kappa shape index (κ1) is 16.3. The van der Waals surface area contributed by atoms with Gasteiger partial charge in [-0.3, -0.25) is 0 Å². The van der Waals surface area contributed by atoms with E-state index in [0.29, 0.717) is 6.07 Å². The first-order valence-electron chi connectivity index (χ1n) is 5.33. The van der Waals surface area contributed by atoms with Crippen LogP contribution in [0.25, 0.3) is 0 Å². The number of nitrogen functional groups attached to an aromatic ring is 1. The lowest BCUT2D eigenvalue weighted by molar-refractivity contribution is -0.137. The SMILES string of the molecule is CC.COC(=O)c1cc(C(F)(F)F)cc(C)c1N. The van der Waals surface area contributed by atoms with Crippen LogP contribution in [0.2, 0.25) is 0 Å². The Balaban J connectivity index is 0.00000137. The van der Waals surface area contributed by atoms with Gasteiger partial charge < -0.3 is 10.5 Å². The predicted molar refractivity (Wildman–Crippen MR) is 63.3 cm³/mol. The number of carbonyl (C=O) groups is 1. The number of aryl methyl sites for hydroxylation is 1. The van der Waals surface area contributed by atoms with Gasteiger partial charge >= 0.3 is 12.1 Å². The van der Waals surface area contributed by atoms with Gasteiger partial charge in [-0.25, -0.2) is 4.79 Å². The van der Waals surface area contributed by atoms with Crippen LogP contribution in [0.5, 0.6) is 0 Å². The molecule has 0 aromatic heterocycles. The molecule has 0 atom stereocenters. The second kappa shape index (κ2) is 6.28. The highest BCUT2D eigenvalue weighted by molar-refractivity contribution is 5.96. The van der Waals surface area contributed by atoms with E-state index in [-0.39, 0.29) is 16.8 Å². The Morgan fingerprint density at radius 3 is 2.17 bits per heavy atom. The molecule has 0 spiro atoms. The van der Waals surface area contributed by atoms with Crippen LogP contribution in [0, 0.1) is 6.92 Å². The summed E-state index contributed by atoms with van der Waals surface area (Å²) in [6, 6.07) is 1.58. The van der Waals surface area contributed by atoms with Crippen molar-refractivity contribution in [3.05, 3.63) is 28.8 Å². The molecule has 0 heterocycles. The lowest BCUT2D eigenvalue weighted by Crippen LogP contribution is -2.12. The van der Waals surface area contributed by atoms with Crippen molar-refractivity contribution in [2.24, 2.45) is 0 Å². The molecule has 1 aromatic rings. The molecule has 0 radical (unpaired) electrons. The molecule has 0 aliphatic rings. The highest BCUT2D eigenvalue weighted by atomic mass is 19.4. The number of benzene rings is 1. The summed E-state index contributed by atoms with van der Waals surface area (Å²) in [5.41, 5.74) is 4.51. The van der Waals surface area contributed by atoms with Crippen molar-refractivity contribution in [1.29, 1.82) is 0 Å². The lowest BCUT2D eigenvalue weighted by atomic mass is 10.0. The highest BCUT2D eigenvalue weighted by Crippen LogP contribution is 2.33. The zero-order chi connectivity index (χ0) is 14.5. The van der Waals surface area contributed by atoms with Crippen molar-refractivity contribution in [3.8, 4) is 0 Å². The third-order valence-electron chi connectivity index (χ3n) is 2.12. The fourth-order valence-electron chi connectivity index (χ4n) is 1.24. The predicted octanol–water partition coefficient (Wildman–Crippen LogP) is 3.41. The standard InChI is InChI=1S/C10H10F3NO2.C2H6/c1-5-3-6(10(11,12)13)4-7(8(5)14)9(15)16-2;1-2/h3-4H,14H2,1-2H3;1-2H3. The van der Waals surface area contributed by atoms with Gasteiger partial charge in [0.15, 0.2) is 0 Å². The maximum Gasteiger partial charge on any atom is 0.416 e. The summed E-state index contributed by atoms with van der Waals surface area (Å²) in [6.45, 7) is 5.40. The van der Waals surface area contributed by atoms with Gasteiger partial charge in [-0.2, -0.15) is 13.2 Å². The number of rotatable bonds is 1. The van der Waals surface area contributed by atoms with Gasteiger partial charge in [-0.1, -0.05) is 13.8 Å². The molecule has 2 N–H and O–H groups in total. The monoisotopic (exact) mass is 263 g/mol. The van der Waals surface area contributed by atoms with Gasteiger partial charge in [0.1, 0.15) is 0 Å². The van der Waals surface area contributed by atoms with Crippen molar-refractivity contribution in [3.63, 3.8) is 0 Å². The zero-order valence-corrected chi connectivity index (χ0v) is 10.7. The van der Waals surface area contributed by atoms with Crippen LogP contribution in [0.15, 0.2) is 12.1 Å². The zero-order valence-electron chi connectivity index (χ0n) is 10.7. The van der Waals surface area contributed by atoms with E-state index in [1.54, 1.807) is 0 Å². The fourth-order valence-corrected chi connectivity index (χ4v) is 1.24. The quantitative estimate of drug-likeness (QED) is 0.624. The Bertz CT molecular complexity index is 428. The van der Waals surface area contributed by atoms with Gasteiger partial charge in [0.2, 0.25) is 0 Å². The summed E-state index contributed by atoms with van der Waals surface area (Å²) < 4.78 is 41.7. The van der Waals surface area contributed by atoms with Gasteiger partial charge in [0, 0.05) is 5.69 Å². The number of esters is 1. The summed E-state index contributed by atoms with van der Waals surface area (Å²) in [6.07, 6.45) is -4.51. The molecule has 0 aliphatic heterocycles. The number of ether oxygens (including phenoxy) is 1. The number of halogens is 3. The maximum atomic E-state index is 12.5. The number of hydrogen-bond acceptors (Lipinski definition) is 3. The Kier molecular flexibility index (Phi) is 5.68. The van der Waals surface area contributed by atoms with Crippen LogP contribution >= 0.6 is 0 Å². The van der Waals surface area contributed by atoms with E-state index in [1.807, 2.05) is 13.8 Å². The van der Waals surface area contributed by atoms with Crippen molar-refractivity contribution >= 4 is 11.7 Å². The summed E-state index contributed by atoms with van der Waals surface area (Å²) in [7, 11) is 1.08. The molecule has 18 heavy (non-hydrogen) atoms. The minimum atomic E-state index is -4.51. The van der Waals surface area contributed by atoms with Crippen molar-refractivity contribution in [1.82, 2.24) is 0 Å². The first-order chi connectivity index (χ1) is 8.27. The molecule has 102 valence electrons. The number of nitrogens with two attached hydrogens (primary N) is 1. The van der Waals surface area contributed by atoms with Crippen LogP contribution in [0.1, 0.15) is 35.3 Å². The molecular weight excluding hydrogens is 247 g/mol. The van der Waals surface area contributed by atoms with Crippen LogP contribution < -0.4 is 5.73 Å². The van der Waals surface area contributed by atoms with Crippen LogP contribution in [-0.2, 0) is 10.9 Å². The minimum absolute atomic E-state index is 0.000139. The molecule has 6 heteroatoms. The lowest BCUT2D eigenvalue weighted by Gasteiger charge is -2.12. The number of anilines is 1. The fraction of sp³-hybridized carbons (Fsp3) is 0.417. The van der Waals surface area contributed by atoms with Crippen molar-refractivity contribution in [2.75, 3.05) is 12.8 Å². The van der Waals surface area contributed by atoms with Gasteiger partial charge in [-0.15, -0.1) is 0 Å². The van der Waals surface area contributed by atoms with E-state index in [2.05, 4.69) is 4.74 Å². The molecular formula is C12H16F3NO2. The normalized spacial score (nSPS) is 10.4. The molecule has 0 saturated carbocycles. The average Bonchev–Trinajstić information content (AvgIpc) is 2.32. The second-order valence-corrected chi connectivity index (χ2v) is 3.24. The molecule has 3 nitrogen and oxygen atoms in total. The largest absolute Gasteiger partial charge is 0.465 e. The molecule has 0 fully saturated rings. The Morgan fingerprint density at radius 1 is 1.28 bits per heavy atom. The van der Waals surface area contributed by atoms with E-state index < -0.39 is 17.7 Å². The summed E-state index contributed by atoms with van der Waals surface area (Å²) in [5.74, 6) is -0.883. The van der Waals surface area contributed by atoms with E-state index in [4.69, 9.17) is 5.73 Å². The van der Waals surface area contributed by atoms with Crippen molar-refractivity contribution < 1.29 is 22.7 Å². The molecule has 0 unspecified atom stereocenters. The smallest absolute Gasteiger partial charge is 0.416 e. The van der Waals surface area contributed by atoms with E-state index in [1.165, 1.54) is 6.92 Å². The summed E-state index contributed by atoms with van der Waals surface area (Å²) in [5, 5.41) is 0. The minimum Gasteiger partial charge on any atom is -0.465 e. The van der Waals surface area contributed by atoms with E-state index >= 15 is 0 Å². The van der Waals surface area contributed by atoms with Crippen LogP contribution in [0.3, 0.4) is 0 Å². The first-order valence-corrected chi connectivity index (χ1v) is 5.33. The molecule has 0 amide bonds. The Hall–Kier alpha value is -1.72. The van der Waals surface area contributed by atoms with Gasteiger partial charge in [0.25, 0.3) is 0 Å². The van der Waals surface area contributed by atoms with Gasteiger partial charge in [0.05, 0.1) is 18.2 Å². The molecule has 0 bridgehead atoms. The average molecular weight is 263 g/mol. The van der Waals surface area contributed by atoms with E-state index in [0.717, 1.165) is 13.2 Å². The Labute approximate surface area is 104 Å². The number of carbonyl (C=O) groups excluding carboxylic acids is 1. The third-order valence-corrected chi connectivity index (χ3v) is 2.12.